The Morgan fingerprint density at radius 1 is 1.12 bits per heavy atom. The minimum atomic E-state index is -0.296. The zero-order valence-electron chi connectivity index (χ0n) is 14.9. The molecule has 0 aliphatic carbocycles. The number of aryl methyl sites for hydroxylation is 1. The van der Waals surface area contributed by atoms with Gasteiger partial charge in [-0.25, -0.2) is 4.98 Å². The minimum absolute atomic E-state index is 0.0287. The smallest absolute Gasteiger partial charge is 0.253 e. The Bertz CT molecular complexity index is 825. The van der Waals surface area contributed by atoms with Crippen molar-refractivity contribution in [3.05, 3.63) is 29.7 Å². The highest BCUT2D eigenvalue weighted by Gasteiger charge is 2.30. The molecule has 2 aromatic rings. The topological polar surface area (TPSA) is 75.9 Å². The molecule has 138 valence electrons. The second kappa shape index (κ2) is 7.07. The number of carbonyl (C=O) groups is 2. The van der Waals surface area contributed by atoms with E-state index in [0.29, 0.717) is 55.3 Å². The summed E-state index contributed by atoms with van der Waals surface area (Å²) in [7, 11) is 0. The van der Waals surface area contributed by atoms with Crippen LogP contribution in [0.3, 0.4) is 0 Å². The van der Waals surface area contributed by atoms with Crippen LogP contribution in [0.4, 0.5) is 0 Å². The standard InChI is InChI=1S/C19H23N3O4/c1-13-20-15-12-14(5-6-16(15)26-13)18(23)21-7-3-8-22(10-9-21)19(24)17-4-2-11-25-17/h5-6,12,17H,2-4,7-11H2,1H3. The first-order valence-electron chi connectivity index (χ1n) is 9.19. The van der Waals surface area contributed by atoms with Crippen LogP contribution >= 0.6 is 0 Å². The first-order chi connectivity index (χ1) is 12.6. The number of hydrogen-bond donors (Lipinski definition) is 0. The Balaban J connectivity index is 1.44. The van der Waals surface area contributed by atoms with Crippen molar-refractivity contribution in [3.63, 3.8) is 0 Å². The highest BCUT2D eigenvalue weighted by Crippen LogP contribution is 2.19. The summed E-state index contributed by atoms with van der Waals surface area (Å²) in [5.41, 5.74) is 1.98. The number of ether oxygens (including phenoxy) is 1. The summed E-state index contributed by atoms with van der Waals surface area (Å²) in [6.07, 6.45) is 2.22. The van der Waals surface area contributed by atoms with E-state index >= 15 is 0 Å². The van der Waals surface area contributed by atoms with Crippen LogP contribution in [0.5, 0.6) is 0 Å². The second-order valence-electron chi connectivity index (χ2n) is 6.89. The maximum absolute atomic E-state index is 12.9. The molecule has 4 rings (SSSR count). The number of carbonyl (C=O) groups excluding carboxylic acids is 2. The van der Waals surface area contributed by atoms with E-state index in [9.17, 15) is 9.59 Å². The molecule has 7 heteroatoms. The van der Waals surface area contributed by atoms with Gasteiger partial charge in [-0.05, 0) is 37.5 Å². The first kappa shape index (κ1) is 17.0. The molecule has 1 atom stereocenters. The predicted octanol–water partition coefficient (Wildman–Crippen LogP) is 1.99. The van der Waals surface area contributed by atoms with E-state index in [-0.39, 0.29) is 17.9 Å². The normalized spacial score (nSPS) is 21.2. The number of hydrogen-bond acceptors (Lipinski definition) is 5. The van der Waals surface area contributed by atoms with Crippen LogP contribution in [0.1, 0.15) is 35.5 Å². The molecule has 7 nitrogen and oxygen atoms in total. The largest absolute Gasteiger partial charge is 0.441 e. The highest BCUT2D eigenvalue weighted by molar-refractivity contribution is 5.97. The Labute approximate surface area is 151 Å². The Kier molecular flexibility index (Phi) is 4.63. The van der Waals surface area contributed by atoms with E-state index < -0.39 is 0 Å². The number of aromatic nitrogens is 1. The van der Waals surface area contributed by atoms with Gasteiger partial charge in [0, 0.05) is 45.3 Å². The molecule has 2 fully saturated rings. The fourth-order valence-corrected chi connectivity index (χ4v) is 3.68. The molecule has 0 bridgehead atoms. The average Bonchev–Trinajstić information content (AvgIpc) is 3.23. The third-order valence-electron chi connectivity index (χ3n) is 5.04. The third-order valence-corrected chi connectivity index (χ3v) is 5.04. The predicted molar refractivity (Wildman–Crippen MR) is 94.8 cm³/mol. The third kappa shape index (κ3) is 3.31. The number of oxazole rings is 1. The number of rotatable bonds is 2. The van der Waals surface area contributed by atoms with E-state index in [4.69, 9.17) is 9.15 Å². The first-order valence-corrected chi connectivity index (χ1v) is 9.19. The molecule has 0 radical (unpaired) electrons. The number of benzene rings is 1. The zero-order chi connectivity index (χ0) is 18.1. The summed E-state index contributed by atoms with van der Waals surface area (Å²) in [6, 6.07) is 5.33. The van der Waals surface area contributed by atoms with Crippen LogP contribution in [0.15, 0.2) is 22.6 Å². The molecule has 26 heavy (non-hydrogen) atoms. The van der Waals surface area contributed by atoms with Gasteiger partial charge in [-0.1, -0.05) is 0 Å². The van der Waals surface area contributed by atoms with E-state index in [2.05, 4.69) is 4.98 Å². The highest BCUT2D eigenvalue weighted by atomic mass is 16.5. The number of amides is 2. The molecule has 0 N–H and O–H groups in total. The Morgan fingerprint density at radius 3 is 2.73 bits per heavy atom. The lowest BCUT2D eigenvalue weighted by Gasteiger charge is -2.24. The lowest BCUT2D eigenvalue weighted by molar-refractivity contribution is -0.140. The summed E-state index contributed by atoms with van der Waals surface area (Å²) < 4.78 is 11.0. The molecule has 0 spiro atoms. The quantitative estimate of drug-likeness (QED) is 0.822. The van der Waals surface area contributed by atoms with Crippen LogP contribution in [0, 0.1) is 6.92 Å². The summed E-state index contributed by atoms with van der Waals surface area (Å²) in [5.74, 6) is 0.623. The molecule has 2 aliphatic rings. The lowest BCUT2D eigenvalue weighted by atomic mass is 10.1. The molecular weight excluding hydrogens is 334 g/mol. The van der Waals surface area contributed by atoms with Crippen LogP contribution in [-0.2, 0) is 9.53 Å². The maximum Gasteiger partial charge on any atom is 0.253 e. The second-order valence-corrected chi connectivity index (χ2v) is 6.89. The van der Waals surface area contributed by atoms with Crippen molar-refractivity contribution >= 4 is 22.9 Å². The van der Waals surface area contributed by atoms with E-state index in [1.165, 1.54) is 0 Å². The van der Waals surface area contributed by atoms with Crippen LogP contribution < -0.4 is 0 Å². The fraction of sp³-hybridized carbons (Fsp3) is 0.526. The van der Waals surface area contributed by atoms with Gasteiger partial charge in [0.2, 0.25) is 0 Å². The molecule has 2 saturated heterocycles. The Morgan fingerprint density at radius 2 is 1.92 bits per heavy atom. The Hall–Kier alpha value is -2.41. The van der Waals surface area contributed by atoms with Gasteiger partial charge in [0.05, 0.1) is 0 Å². The van der Waals surface area contributed by atoms with Crippen molar-refractivity contribution < 1.29 is 18.7 Å². The molecule has 0 saturated carbocycles. The summed E-state index contributed by atoms with van der Waals surface area (Å²) >= 11 is 0. The van der Waals surface area contributed by atoms with Gasteiger partial charge in [0.1, 0.15) is 11.6 Å². The molecule has 3 heterocycles. The number of nitrogens with zero attached hydrogens (tertiary/aromatic N) is 3. The van der Waals surface area contributed by atoms with Crippen molar-refractivity contribution in [1.29, 1.82) is 0 Å². The monoisotopic (exact) mass is 357 g/mol. The SMILES string of the molecule is Cc1nc2cc(C(=O)N3CCCN(C(=O)C4CCCO4)CC3)ccc2o1. The van der Waals surface area contributed by atoms with Crippen LogP contribution in [0.25, 0.3) is 11.1 Å². The van der Waals surface area contributed by atoms with Crippen molar-refractivity contribution in [2.24, 2.45) is 0 Å². The van der Waals surface area contributed by atoms with Crippen molar-refractivity contribution in [1.82, 2.24) is 14.8 Å². The molecule has 1 unspecified atom stereocenters. The molecule has 2 aliphatic heterocycles. The molecular formula is C19H23N3O4. The van der Waals surface area contributed by atoms with Crippen LogP contribution in [-0.4, -0.2) is 65.5 Å². The van der Waals surface area contributed by atoms with Gasteiger partial charge in [-0.2, -0.15) is 0 Å². The van der Waals surface area contributed by atoms with Crippen molar-refractivity contribution in [3.8, 4) is 0 Å². The van der Waals surface area contributed by atoms with Gasteiger partial charge >= 0.3 is 0 Å². The summed E-state index contributed by atoms with van der Waals surface area (Å²) in [6.45, 7) is 4.85. The molecule has 1 aromatic heterocycles. The van der Waals surface area contributed by atoms with Gasteiger partial charge in [-0.3, -0.25) is 9.59 Å². The van der Waals surface area contributed by atoms with E-state index in [1.54, 1.807) is 25.1 Å². The lowest BCUT2D eigenvalue weighted by Crippen LogP contribution is -2.41. The fourth-order valence-electron chi connectivity index (χ4n) is 3.68. The van der Waals surface area contributed by atoms with Gasteiger partial charge in [0.25, 0.3) is 11.8 Å². The minimum Gasteiger partial charge on any atom is -0.441 e. The van der Waals surface area contributed by atoms with Gasteiger partial charge in [0.15, 0.2) is 11.5 Å². The van der Waals surface area contributed by atoms with Crippen molar-refractivity contribution in [2.75, 3.05) is 32.8 Å². The van der Waals surface area contributed by atoms with Gasteiger partial charge in [-0.15, -0.1) is 0 Å². The van der Waals surface area contributed by atoms with Crippen LogP contribution in [0.2, 0.25) is 0 Å². The van der Waals surface area contributed by atoms with Gasteiger partial charge < -0.3 is 19.0 Å². The molecule has 2 amide bonds. The zero-order valence-corrected chi connectivity index (χ0v) is 14.9. The maximum atomic E-state index is 12.9. The van der Waals surface area contributed by atoms with E-state index in [1.807, 2.05) is 9.80 Å². The summed E-state index contributed by atoms with van der Waals surface area (Å²) in [5, 5.41) is 0. The van der Waals surface area contributed by atoms with E-state index in [0.717, 1.165) is 19.3 Å². The number of fused-ring (bicyclic) bond motifs is 1. The molecule has 1 aromatic carbocycles. The average molecular weight is 357 g/mol. The summed E-state index contributed by atoms with van der Waals surface area (Å²) in [4.78, 5) is 33.4. The van der Waals surface area contributed by atoms with Crippen molar-refractivity contribution in [2.45, 2.75) is 32.3 Å².